The summed E-state index contributed by atoms with van der Waals surface area (Å²) in [5.74, 6) is 1.38. The summed E-state index contributed by atoms with van der Waals surface area (Å²) < 4.78 is 5.80. The number of nitrogens with two attached hydrogens (primary N) is 1. The number of hydrogen-bond donors (Lipinski definition) is 2. The number of ether oxygens (including phenoxy) is 1. The molecule has 0 aromatic heterocycles. The van der Waals surface area contributed by atoms with Crippen molar-refractivity contribution in [3.05, 3.63) is 29.3 Å². The van der Waals surface area contributed by atoms with Gasteiger partial charge in [0.2, 0.25) is 0 Å². The number of aryl methyl sites for hydroxylation is 1. The van der Waals surface area contributed by atoms with Crippen LogP contribution >= 0.6 is 0 Å². The summed E-state index contributed by atoms with van der Waals surface area (Å²) in [5.41, 5.74) is 7.82. The lowest BCUT2D eigenvalue weighted by Gasteiger charge is -2.19. The minimum atomic E-state index is -0.323. The summed E-state index contributed by atoms with van der Waals surface area (Å²) >= 11 is 0. The molecule has 1 atom stereocenters. The zero-order valence-electron chi connectivity index (χ0n) is 11.1. The maximum Gasteiger partial charge on any atom is 0.155 e. The van der Waals surface area contributed by atoms with E-state index < -0.39 is 0 Å². The van der Waals surface area contributed by atoms with Crippen LogP contribution in [0.3, 0.4) is 0 Å². The van der Waals surface area contributed by atoms with Gasteiger partial charge in [-0.25, -0.2) is 0 Å². The van der Waals surface area contributed by atoms with Crippen LogP contribution in [0.25, 0.3) is 0 Å². The van der Waals surface area contributed by atoms with E-state index in [0.29, 0.717) is 12.3 Å². The van der Waals surface area contributed by atoms with Crippen molar-refractivity contribution in [2.24, 2.45) is 5.73 Å². The molecule has 3 heteroatoms. The standard InChI is InChI=1S/C14H22N2O/c1-5-12(14(15)16)17-13-8-11(9(2)3)7-6-10(13)4/h6-9,12H,5H2,1-4H3,(H3,15,16). The van der Waals surface area contributed by atoms with Crippen molar-refractivity contribution in [3.63, 3.8) is 0 Å². The highest BCUT2D eigenvalue weighted by Gasteiger charge is 2.13. The molecule has 0 aliphatic rings. The lowest BCUT2D eigenvalue weighted by Crippen LogP contribution is -2.32. The van der Waals surface area contributed by atoms with Crippen LogP contribution in [-0.2, 0) is 0 Å². The Hall–Kier alpha value is -1.51. The molecule has 3 N–H and O–H groups in total. The van der Waals surface area contributed by atoms with E-state index in [1.54, 1.807) is 0 Å². The minimum Gasteiger partial charge on any atom is -0.482 e. The molecule has 0 fully saturated rings. The molecule has 1 aromatic rings. The number of amidine groups is 1. The molecule has 3 nitrogen and oxygen atoms in total. The molecule has 17 heavy (non-hydrogen) atoms. The van der Waals surface area contributed by atoms with Crippen molar-refractivity contribution >= 4 is 5.84 Å². The molecule has 1 aromatic carbocycles. The van der Waals surface area contributed by atoms with Gasteiger partial charge in [0.25, 0.3) is 0 Å². The molecule has 0 amide bonds. The van der Waals surface area contributed by atoms with Gasteiger partial charge in [-0.2, -0.15) is 0 Å². The molecule has 1 rings (SSSR count). The highest BCUT2D eigenvalue weighted by Crippen LogP contribution is 2.25. The second-order valence-corrected chi connectivity index (χ2v) is 4.65. The van der Waals surface area contributed by atoms with Crippen molar-refractivity contribution in [2.75, 3.05) is 0 Å². The van der Waals surface area contributed by atoms with E-state index >= 15 is 0 Å². The highest BCUT2D eigenvalue weighted by atomic mass is 16.5. The Balaban J connectivity index is 2.96. The summed E-state index contributed by atoms with van der Waals surface area (Å²) in [5, 5.41) is 7.46. The molecule has 0 saturated carbocycles. The highest BCUT2D eigenvalue weighted by molar-refractivity contribution is 5.82. The SMILES string of the molecule is CCC(Oc1cc(C(C)C)ccc1C)C(=N)N. The van der Waals surface area contributed by atoms with Gasteiger partial charge in [0.1, 0.15) is 11.6 Å². The van der Waals surface area contributed by atoms with E-state index in [-0.39, 0.29) is 11.9 Å². The second-order valence-electron chi connectivity index (χ2n) is 4.65. The van der Waals surface area contributed by atoms with Gasteiger partial charge in [-0.05, 0) is 36.5 Å². The van der Waals surface area contributed by atoms with Crippen molar-refractivity contribution < 1.29 is 4.74 Å². The summed E-state index contributed by atoms with van der Waals surface area (Å²) in [7, 11) is 0. The molecular weight excluding hydrogens is 212 g/mol. The molecular formula is C14H22N2O. The average molecular weight is 234 g/mol. The third kappa shape index (κ3) is 3.48. The zero-order valence-corrected chi connectivity index (χ0v) is 11.1. The van der Waals surface area contributed by atoms with Crippen LogP contribution in [0.4, 0.5) is 0 Å². The first-order valence-corrected chi connectivity index (χ1v) is 6.06. The van der Waals surface area contributed by atoms with Crippen molar-refractivity contribution in [1.82, 2.24) is 0 Å². The van der Waals surface area contributed by atoms with Crippen LogP contribution in [0.1, 0.15) is 44.2 Å². The van der Waals surface area contributed by atoms with Crippen molar-refractivity contribution in [2.45, 2.75) is 46.1 Å². The van der Waals surface area contributed by atoms with Crippen LogP contribution in [0, 0.1) is 12.3 Å². The van der Waals surface area contributed by atoms with Gasteiger partial charge in [-0.1, -0.05) is 32.9 Å². The molecule has 0 aliphatic heterocycles. The molecule has 0 spiro atoms. The Morgan fingerprint density at radius 3 is 2.53 bits per heavy atom. The normalized spacial score (nSPS) is 12.5. The fraction of sp³-hybridized carbons (Fsp3) is 0.500. The van der Waals surface area contributed by atoms with Gasteiger partial charge >= 0.3 is 0 Å². The minimum absolute atomic E-state index is 0.0850. The predicted molar refractivity (Wildman–Crippen MR) is 71.9 cm³/mol. The van der Waals surface area contributed by atoms with E-state index in [9.17, 15) is 0 Å². The number of hydrogen-bond acceptors (Lipinski definition) is 2. The number of nitrogens with one attached hydrogen (secondary N) is 1. The Morgan fingerprint density at radius 1 is 1.41 bits per heavy atom. The van der Waals surface area contributed by atoms with E-state index in [2.05, 4.69) is 26.0 Å². The molecule has 0 bridgehead atoms. The third-order valence-electron chi connectivity index (χ3n) is 2.87. The predicted octanol–water partition coefficient (Wildman–Crippen LogP) is 3.21. The molecule has 0 aliphatic carbocycles. The Bertz CT molecular complexity index is 399. The topological polar surface area (TPSA) is 59.1 Å². The first kappa shape index (κ1) is 13.6. The summed E-state index contributed by atoms with van der Waals surface area (Å²) in [6, 6.07) is 6.21. The van der Waals surface area contributed by atoms with E-state index in [1.165, 1.54) is 5.56 Å². The lowest BCUT2D eigenvalue weighted by molar-refractivity contribution is 0.258. The molecule has 0 heterocycles. The second kappa shape index (κ2) is 5.71. The molecule has 1 unspecified atom stereocenters. The van der Waals surface area contributed by atoms with E-state index in [0.717, 1.165) is 11.3 Å². The fourth-order valence-electron chi connectivity index (χ4n) is 1.62. The Labute approximate surface area is 103 Å². The Kier molecular flexibility index (Phi) is 4.55. The third-order valence-corrected chi connectivity index (χ3v) is 2.87. The molecule has 94 valence electrons. The summed E-state index contributed by atoms with van der Waals surface area (Å²) in [4.78, 5) is 0. The summed E-state index contributed by atoms with van der Waals surface area (Å²) in [6.07, 6.45) is 0.386. The summed E-state index contributed by atoms with van der Waals surface area (Å²) in [6.45, 7) is 8.27. The smallest absolute Gasteiger partial charge is 0.155 e. The van der Waals surface area contributed by atoms with Crippen LogP contribution < -0.4 is 10.5 Å². The zero-order chi connectivity index (χ0) is 13.0. The van der Waals surface area contributed by atoms with Gasteiger partial charge < -0.3 is 10.5 Å². The number of rotatable bonds is 5. The van der Waals surface area contributed by atoms with Crippen LogP contribution in [0.2, 0.25) is 0 Å². The number of benzene rings is 1. The molecule has 0 radical (unpaired) electrons. The van der Waals surface area contributed by atoms with Crippen LogP contribution in [0.5, 0.6) is 5.75 Å². The van der Waals surface area contributed by atoms with E-state index in [1.807, 2.05) is 19.9 Å². The fourth-order valence-corrected chi connectivity index (χ4v) is 1.62. The van der Waals surface area contributed by atoms with Gasteiger partial charge in [-0.3, -0.25) is 5.41 Å². The van der Waals surface area contributed by atoms with Gasteiger partial charge in [0, 0.05) is 0 Å². The maximum atomic E-state index is 7.46. The van der Waals surface area contributed by atoms with Crippen LogP contribution in [0.15, 0.2) is 18.2 Å². The average Bonchev–Trinajstić information content (AvgIpc) is 2.27. The largest absolute Gasteiger partial charge is 0.482 e. The van der Waals surface area contributed by atoms with Gasteiger partial charge in [0.15, 0.2) is 6.10 Å². The lowest BCUT2D eigenvalue weighted by atomic mass is 10.0. The first-order valence-electron chi connectivity index (χ1n) is 6.06. The maximum absolute atomic E-state index is 7.46. The van der Waals surface area contributed by atoms with Gasteiger partial charge in [0.05, 0.1) is 0 Å². The van der Waals surface area contributed by atoms with E-state index in [4.69, 9.17) is 15.9 Å². The Morgan fingerprint density at radius 2 is 2.06 bits per heavy atom. The first-order chi connectivity index (χ1) is 7.95. The van der Waals surface area contributed by atoms with Gasteiger partial charge in [-0.15, -0.1) is 0 Å². The molecule has 0 saturated heterocycles. The monoisotopic (exact) mass is 234 g/mol. The van der Waals surface area contributed by atoms with Crippen molar-refractivity contribution in [3.8, 4) is 5.75 Å². The van der Waals surface area contributed by atoms with Crippen LogP contribution in [-0.4, -0.2) is 11.9 Å². The van der Waals surface area contributed by atoms with Crippen molar-refractivity contribution in [1.29, 1.82) is 5.41 Å². The quantitative estimate of drug-likeness (QED) is 0.607.